The van der Waals surface area contributed by atoms with Gasteiger partial charge >= 0.3 is 0 Å². The van der Waals surface area contributed by atoms with Gasteiger partial charge in [-0.05, 0) is 81.4 Å². The lowest BCUT2D eigenvalue weighted by Gasteiger charge is -2.35. The van der Waals surface area contributed by atoms with Crippen molar-refractivity contribution < 1.29 is 8.83 Å². The number of nitrogens with zero attached hydrogens (tertiary/aromatic N) is 1. The molecule has 2 unspecified atom stereocenters. The van der Waals surface area contributed by atoms with Gasteiger partial charge in [-0.1, -0.05) is 158 Å². The Morgan fingerprint density at radius 3 is 1.65 bits per heavy atom. The molecule has 57 heavy (non-hydrogen) atoms. The summed E-state index contributed by atoms with van der Waals surface area (Å²) in [5.41, 5.74) is 16.9. The van der Waals surface area contributed by atoms with Gasteiger partial charge in [0.2, 0.25) is 0 Å². The van der Waals surface area contributed by atoms with Crippen LogP contribution in [0.25, 0.3) is 82.8 Å². The molecule has 12 rings (SSSR count). The molecular formula is C54H35NO2. The van der Waals surface area contributed by atoms with Crippen LogP contribution in [0.1, 0.15) is 17.0 Å². The maximum Gasteiger partial charge on any atom is 0.136 e. The summed E-state index contributed by atoms with van der Waals surface area (Å²) in [6.07, 6.45) is 6.91. The quantitative estimate of drug-likeness (QED) is 0.177. The van der Waals surface area contributed by atoms with Crippen molar-refractivity contribution >= 4 is 60.8 Å². The largest absolute Gasteiger partial charge is 0.456 e. The fourth-order valence-electron chi connectivity index (χ4n) is 9.36. The average Bonchev–Trinajstić information content (AvgIpc) is 3.96. The van der Waals surface area contributed by atoms with E-state index in [4.69, 9.17) is 8.83 Å². The molecule has 3 heteroatoms. The van der Waals surface area contributed by atoms with Crippen molar-refractivity contribution in [1.29, 1.82) is 0 Å². The van der Waals surface area contributed by atoms with E-state index in [1.165, 1.54) is 50.2 Å². The predicted molar refractivity (Wildman–Crippen MR) is 236 cm³/mol. The number of hydrogen-bond acceptors (Lipinski definition) is 3. The smallest absolute Gasteiger partial charge is 0.136 e. The molecule has 0 fully saturated rings. The van der Waals surface area contributed by atoms with E-state index in [1.807, 2.05) is 18.2 Å². The molecule has 2 aliphatic rings. The Kier molecular flexibility index (Phi) is 7.05. The number of allylic oxidation sites excluding steroid dienone is 2. The van der Waals surface area contributed by atoms with Gasteiger partial charge in [0, 0.05) is 44.3 Å². The Balaban J connectivity index is 0.998. The SMILES string of the molecule is C1=CC(c2ccc3c(c2)oc2ccccc23)C2C(=C1)c1cccc(-c3ccc4c(c3)oc3ccccc34)c1N2c1ccc(-c2ccc(-c3ccccc3)cc2)cc1. The zero-order valence-corrected chi connectivity index (χ0v) is 31.0. The van der Waals surface area contributed by atoms with Crippen molar-refractivity contribution in [2.24, 2.45) is 0 Å². The Hall–Kier alpha value is -7.36. The number of benzene rings is 8. The molecular weight excluding hydrogens is 695 g/mol. The van der Waals surface area contributed by atoms with E-state index < -0.39 is 0 Å². The van der Waals surface area contributed by atoms with E-state index in [-0.39, 0.29) is 12.0 Å². The normalized spacial score (nSPS) is 16.1. The zero-order valence-electron chi connectivity index (χ0n) is 31.0. The highest BCUT2D eigenvalue weighted by molar-refractivity contribution is 6.08. The molecule has 10 aromatic rings. The summed E-state index contributed by atoms with van der Waals surface area (Å²) in [6, 6.07) is 65.4. The number of rotatable bonds is 5. The topological polar surface area (TPSA) is 29.5 Å². The molecule has 0 amide bonds. The third kappa shape index (κ3) is 5.06. The lowest BCUT2D eigenvalue weighted by atomic mass is 9.82. The van der Waals surface area contributed by atoms with Crippen molar-refractivity contribution in [2.75, 3.05) is 4.90 Å². The van der Waals surface area contributed by atoms with E-state index in [2.05, 4.69) is 187 Å². The van der Waals surface area contributed by atoms with Gasteiger partial charge in [0.25, 0.3) is 0 Å². The zero-order chi connectivity index (χ0) is 37.5. The predicted octanol–water partition coefficient (Wildman–Crippen LogP) is 14.7. The second-order valence-corrected chi connectivity index (χ2v) is 15.2. The third-order valence-electron chi connectivity index (χ3n) is 12.1. The Bertz CT molecular complexity index is 3240. The number of furan rings is 2. The third-order valence-corrected chi connectivity index (χ3v) is 12.1. The average molecular weight is 730 g/mol. The Labute approximate surface area is 330 Å². The summed E-state index contributed by atoms with van der Waals surface area (Å²) in [6.45, 7) is 0. The van der Waals surface area contributed by atoms with E-state index in [0.717, 1.165) is 55.1 Å². The minimum absolute atomic E-state index is 0.0268. The number of anilines is 2. The van der Waals surface area contributed by atoms with E-state index in [0.29, 0.717) is 0 Å². The van der Waals surface area contributed by atoms with Gasteiger partial charge in [-0.15, -0.1) is 0 Å². The van der Waals surface area contributed by atoms with Crippen LogP contribution in [-0.2, 0) is 0 Å². The summed E-state index contributed by atoms with van der Waals surface area (Å²) < 4.78 is 12.8. The molecule has 3 nitrogen and oxygen atoms in total. The molecule has 2 aromatic heterocycles. The van der Waals surface area contributed by atoms with E-state index >= 15 is 0 Å². The lowest BCUT2D eigenvalue weighted by molar-refractivity contribution is 0.665. The second kappa shape index (κ2) is 12.6. The highest BCUT2D eigenvalue weighted by atomic mass is 16.3. The first-order valence-corrected chi connectivity index (χ1v) is 19.6. The van der Waals surface area contributed by atoms with Crippen LogP contribution in [0.5, 0.6) is 0 Å². The molecule has 0 N–H and O–H groups in total. The van der Waals surface area contributed by atoms with Gasteiger partial charge in [-0.3, -0.25) is 0 Å². The molecule has 0 radical (unpaired) electrons. The standard InChI is InChI=1S/C54H35NO2/c1-2-10-34(11-3-1)35-20-22-36(23-21-35)37-24-28-40(29-25-37)55-53-41(38-26-30-45-43-12-4-6-18-49(43)56-51(45)32-38)14-8-16-47(53)48-17-9-15-42(54(48)55)39-27-31-46-44-13-5-7-19-50(44)57-52(46)33-39/h1-33,41,53H. The lowest BCUT2D eigenvalue weighted by Crippen LogP contribution is -2.33. The Morgan fingerprint density at radius 1 is 0.404 bits per heavy atom. The van der Waals surface area contributed by atoms with Crippen LogP contribution in [-0.4, -0.2) is 6.04 Å². The molecule has 0 saturated heterocycles. The Morgan fingerprint density at radius 2 is 0.947 bits per heavy atom. The fraction of sp³-hybridized carbons (Fsp3) is 0.0370. The first kappa shape index (κ1) is 31.9. The second-order valence-electron chi connectivity index (χ2n) is 15.2. The molecule has 268 valence electrons. The van der Waals surface area contributed by atoms with Crippen LogP contribution in [0.4, 0.5) is 11.4 Å². The minimum Gasteiger partial charge on any atom is -0.456 e. The minimum atomic E-state index is 0.0268. The van der Waals surface area contributed by atoms with Gasteiger partial charge in [0.1, 0.15) is 22.3 Å². The van der Waals surface area contributed by atoms with Crippen LogP contribution in [0.3, 0.4) is 0 Å². The summed E-state index contributed by atoms with van der Waals surface area (Å²) in [5.74, 6) is 0.0749. The van der Waals surface area contributed by atoms with Gasteiger partial charge in [0.05, 0.1) is 11.7 Å². The van der Waals surface area contributed by atoms with Gasteiger partial charge in [-0.25, -0.2) is 0 Å². The van der Waals surface area contributed by atoms with Crippen LogP contribution >= 0.6 is 0 Å². The molecule has 8 aromatic carbocycles. The number of para-hydroxylation sites is 3. The van der Waals surface area contributed by atoms with Crippen molar-refractivity contribution in [3.63, 3.8) is 0 Å². The van der Waals surface area contributed by atoms with Crippen molar-refractivity contribution in [1.82, 2.24) is 0 Å². The summed E-state index contributed by atoms with van der Waals surface area (Å²) >= 11 is 0. The maximum absolute atomic E-state index is 6.43. The van der Waals surface area contributed by atoms with Crippen molar-refractivity contribution in [3.8, 4) is 33.4 Å². The number of fused-ring (bicyclic) bond motifs is 9. The highest BCUT2D eigenvalue weighted by Crippen LogP contribution is 2.55. The summed E-state index contributed by atoms with van der Waals surface area (Å²) in [7, 11) is 0. The van der Waals surface area contributed by atoms with Crippen LogP contribution in [0.15, 0.2) is 209 Å². The first-order valence-electron chi connectivity index (χ1n) is 19.6. The van der Waals surface area contributed by atoms with Crippen LogP contribution in [0.2, 0.25) is 0 Å². The van der Waals surface area contributed by atoms with Crippen LogP contribution < -0.4 is 4.90 Å². The van der Waals surface area contributed by atoms with Gasteiger partial charge in [0.15, 0.2) is 0 Å². The molecule has 0 saturated carbocycles. The molecule has 0 spiro atoms. The highest BCUT2D eigenvalue weighted by Gasteiger charge is 2.42. The van der Waals surface area contributed by atoms with Crippen LogP contribution in [0, 0.1) is 0 Å². The molecule has 3 heterocycles. The first-order chi connectivity index (χ1) is 28.2. The maximum atomic E-state index is 6.43. The molecule has 2 atom stereocenters. The molecule has 1 aliphatic heterocycles. The fourth-order valence-corrected chi connectivity index (χ4v) is 9.36. The summed E-state index contributed by atoms with van der Waals surface area (Å²) in [5, 5.41) is 4.56. The van der Waals surface area contributed by atoms with Gasteiger partial charge < -0.3 is 13.7 Å². The molecule has 0 bridgehead atoms. The van der Waals surface area contributed by atoms with E-state index in [9.17, 15) is 0 Å². The van der Waals surface area contributed by atoms with E-state index in [1.54, 1.807) is 0 Å². The number of hydrogen-bond donors (Lipinski definition) is 0. The van der Waals surface area contributed by atoms with Crippen molar-refractivity contribution in [3.05, 3.63) is 211 Å². The summed E-state index contributed by atoms with van der Waals surface area (Å²) in [4.78, 5) is 2.58. The monoisotopic (exact) mass is 729 g/mol. The molecule has 1 aliphatic carbocycles. The van der Waals surface area contributed by atoms with Gasteiger partial charge in [-0.2, -0.15) is 0 Å². The van der Waals surface area contributed by atoms with Crippen molar-refractivity contribution in [2.45, 2.75) is 12.0 Å².